The molecule has 3 rings (SSSR count). The molecule has 162 valence electrons. The highest BCUT2D eigenvalue weighted by Gasteiger charge is 2.34. The summed E-state index contributed by atoms with van der Waals surface area (Å²) in [4.78, 5) is 14.6. The van der Waals surface area contributed by atoms with E-state index in [0.717, 1.165) is 61.1 Å². The number of amides is 1. The van der Waals surface area contributed by atoms with Crippen molar-refractivity contribution in [3.8, 4) is 0 Å². The maximum Gasteiger partial charge on any atom is 0.243 e. The van der Waals surface area contributed by atoms with E-state index in [1.807, 2.05) is 32.0 Å². The number of anilines is 1. The maximum atomic E-state index is 13.4. The minimum atomic E-state index is -3.92. The molecule has 1 saturated carbocycles. The van der Waals surface area contributed by atoms with Crippen LogP contribution >= 0.6 is 0 Å². The molecule has 1 aliphatic carbocycles. The Morgan fingerprint density at radius 1 is 1.00 bits per heavy atom. The van der Waals surface area contributed by atoms with E-state index in [9.17, 15) is 17.6 Å². The average molecular weight is 433 g/mol. The molecule has 0 heterocycles. The van der Waals surface area contributed by atoms with Crippen LogP contribution in [0.5, 0.6) is 0 Å². The summed E-state index contributed by atoms with van der Waals surface area (Å²) >= 11 is 0. The van der Waals surface area contributed by atoms with Crippen LogP contribution in [0, 0.1) is 19.7 Å². The van der Waals surface area contributed by atoms with Crippen LogP contribution in [-0.4, -0.2) is 38.3 Å². The third kappa shape index (κ3) is 4.90. The van der Waals surface area contributed by atoms with Crippen LogP contribution in [0.1, 0.15) is 43.2 Å². The summed E-state index contributed by atoms with van der Waals surface area (Å²) in [6.45, 7) is 3.74. The van der Waals surface area contributed by atoms with E-state index in [4.69, 9.17) is 0 Å². The Labute approximate surface area is 178 Å². The lowest BCUT2D eigenvalue weighted by Crippen LogP contribution is -2.47. The van der Waals surface area contributed by atoms with Crippen LogP contribution in [-0.2, 0) is 14.8 Å². The molecular formula is C23H29FN2O3S. The summed E-state index contributed by atoms with van der Waals surface area (Å²) < 4.78 is 41.4. The van der Waals surface area contributed by atoms with Gasteiger partial charge in [0.25, 0.3) is 0 Å². The van der Waals surface area contributed by atoms with Crippen molar-refractivity contribution in [2.45, 2.75) is 56.9 Å². The van der Waals surface area contributed by atoms with Crippen molar-refractivity contribution in [2.75, 3.05) is 18.5 Å². The van der Waals surface area contributed by atoms with Gasteiger partial charge in [-0.05, 0) is 74.2 Å². The highest BCUT2D eigenvalue weighted by Crippen LogP contribution is 2.28. The lowest BCUT2D eigenvalue weighted by molar-refractivity contribution is -0.119. The smallest absolute Gasteiger partial charge is 0.243 e. The van der Waals surface area contributed by atoms with Gasteiger partial charge in [-0.1, -0.05) is 25.3 Å². The van der Waals surface area contributed by atoms with Gasteiger partial charge in [-0.15, -0.1) is 0 Å². The first-order chi connectivity index (χ1) is 14.2. The van der Waals surface area contributed by atoms with Gasteiger partial charge in [0.05, 0.1) is 11.4 Å². The summed E-state index contributed by atoms with van der Waals surface area (Å²) in [5, 5.41) is 0. The van der Waals surface area contributed by atoms with Gasteiger partial charge in [0, 0.05) is 18.8 Å². The number of sulfonamides is 1. The van der Waals surface area contributed by atoms with E-state index >= 15 is 0 Å². The zero-order chi connectivity index (χ0) is 21.9. The molecule has 0 saturated heterocycles. The zero-order valence-corrected chi connectivity index (χ0v) is 18.6. The van der Waals surface area contributed by atoms with Crippen molar-refractivity contribution in [2.24, 2.45) is 0 Å². The van der Waals surface area contributed by atoms with Gasteiger partial charge in [-0.3, -0.25) is 4.79 Å². The van der Waals surface area contributed by atoms with Crippen LogP contribution in [0.15, 0.2) is 47.4 Å². The molecule has 30 heavy (non-hydrogen) atoms. The third-order valence-electron chi connectivity index (χ3n) is 5.95. The molecule has 1 aliphatic rings. The number of carbonyl (C=O) groups excluding carboxylic acids is 1. The Morgan fingerprint density at radius 2 is 1.63 bits per heavy atom. The fourth-order valence-electron chi connectivity index (χ4n) is 3.84. The Morgan fingerprint density at radius 3 is 2.23 bits per heavy atom. The summed E-state index contributed by atoms with van der Waals surface area (Å²) in [6, 6.07) is 10.3. The minimum Gasteiger partial charge on any atom is -0.314 e. The Balaban J connectivity index is 1.89. The van der Waals surface area contributed by atoms with Crippen LogP contribution in [0.3, 0.4) is 0 Å². The van der Waals surface area contributed by atoms with Gasteiger partial charge < -0.3 is 4.90 Å². The van der Waals surface area contributed by atoms with E-state index in [2.05, 4.69) is 0 Å². The number of benzene rings is 2. The number of hydrogen-bond acceptors (Lipinski definition) is 3. The van der Waals surface area contributed by atoms with Crippen LogP contribution in [0.4, 0.5) is 10.1 Å². The molecule has 0 bridgehead atoms. The van der Waals surface area contributed by atoms with Gasteiger partial charge in [-0.2, -0.15) is 4.31 Å². The fraction of sp³-hybridized carbons (Fsp3) is 0.435. The number of carbonyl (C=O) groups is 1. The van der Waals surface area contributed by atoms with Crippen molar-refractivity contribution < 1.29 is 17.6 Å². The molecule has 0 aromatic heterocycles. The molecule has 7 heteroatoms. The largest absolute Gasteiger partial charge is 0.314 e. The minimum absolute atomic E-state index is 0.0103. The summed E-state index contributed by atoms with van der Waals surface area (Å²) in [5.74, 6) is -0.793. The van der Waals surface area contributed by atoms with E-state index in [1.165, 1.54) is 21.3 Å². The lowest BCUT2D eigenvalue weighted by Gasteiger charge is -2.34. The molecule has 0 spiro atoms. The van der Waals surface area contributed by atoms with Gasteiger partial charge in [0.15, 0.2) is 0 Å². The van der Waals surface area contributed by atoms with Crippen LogP contribution < -0.4 is 4.90 Å². The quantitative estimate of drug-likeness (QED) is 0.679. The first-order valence-corrected chi connectivity index (χ1v) is 11.8. The molecule has 5 nitrogen and oxygen atoms in total. The van der Waals surface area contributed by atoms with Crippen molar-refractivity contribution >= 4 is 21.6 Å². The molecule has 0 atom stereocenters. The first-order valence-electron chi connectivity index (χ1n) is 10.3. The lowest BCUT2D eigenvalue weighted by atomic mass is 9.95. The molecule has 2 aromatic rings. The number of halogens is 1. The number of likely N-dealkylation sites (N-methyl/N-ethyl adjacent to an activating group) is 1. The van der Waals surface area contributed by atoms with Crippen LogP contribution in [0.2, 0.25) is 0 Å². The van der Waals surface area contributed by atoms with Crippen molar-refractivity contribution in [3.63, 3.8) is 0 Å². The number of rotatable bonds is 6. The molecule has 0 N–H and O–H groups in total. The van der Waals surface area contributed by atoms with Gasteiger partial charge in [0.2, 0.25) is 15.9 Å². The molecule has 0 unspecified atom stereocenters. The fourth-order valence-corrected chi connectivity index (χ4v) is 5.47. The monoisotopic (exact) mass is 432 g/mol. The topological polar surface area (TPSA) is 57.7 Å². The number of nitrogens with zero attached hydrogens (tertiary/aromatic N) is 2. The number of hydrogen-bond donors (Lipinski definition) is 0. The summed E-state index contributed by atoms with van der Waals surface area (Å²) in [6.07, 6.45) is 4.38. The Bertz CT molecular complexity index is 1000. The Hall–Kier alpha value is -2.25. The van der Waals surface area contributed by atoms with E-state index in [1.54, 1.807) is 7.05 Å². The first kappa shape index (κ1) is 22.4. The summed E-state index contributed by atoms with van der Waals surface area (Å²) in [7, 11) is -2.26. The van der Waals surface area contributed by atoms with Crippen molar-refractivity contribution in [1.82, 2.24) is 4.31 Å². The molecule has 0 radical (unpaired) electrons. The zero-order valence-electron chi connectivity index (χ0n) is 17.8. The normalized spacial score (nSPS) is 15.4. The third-order valence-corrected chi connectivity index (χ3v) is 7.86. The van der Waals surface area contributed by atoms with Gasteiger partial charge in [0.1, 0.15) is 5.82 Å². The van der Waals surface area contributed by atoms with E-state index < -0.39 is 15.8 Å². The highest BCUT2D eigenvalue weighted by molar-refractivity contribution is 7.89. The highest BCUT2D eigenvalue weighted by atomic mass is 32.2. The second kappa shape index (κ2) is 9.27. The SMILES string of the molecule is Cc1ccc(N(C)C(=O)CN(C2CCCCC2)S(=O)(=O)c2ccc(F)cc2)cc1C. The molecule has 1 amide bonds. The second-order valence-electron chi connectivity index (χ2n) is 8.02. The average Bonchev–Trinajstić information content (AvgIpc) is 2.74. The maximum absolute atomic E-state index is 13.4. The van der Waals surface area contributed by atoms with E-state index in [0.29, 0.717) is 0 Å². The van der Waals surface area contributed by atoms with Crippen molar-refractivity contribution in [3.05, 3.63) is 59.4 Å². The predicted molar refractivity (Wildman–Crippen MR) is 116 cm³/mol. The van der Waals surface area contributed by atoms with Gasteiger partial charge >= 0.3 is 0 Å². The standard InChI is InChI=1S/C23H29FN2O3S/c1-17-9-12-21(15-18(17)2)25(3)23(27)16-26(20-7-5-4-6-8-20)30(28,29)22-13-10-19(24)11-14-22/h9-15,20H,4-8,16H2,1-3H3. The molecule has 0 aliphatic heterocycles. The molecular weight excluding hydrogens is 403 g/mol. The van der Waals surface area contributed by atoms with Crippen molar-refractivity contribution in [1.29, 1.82) is 0 Å². The Kier molecular flexibility index (Phi) is 6.93. The summed E-state index contributed by atoms with van der Waals surface area (Å²) in [5.41, 5.74) is 2.92. The van der Waals surface area contributed by atoms with Crippen LogP contribution in [0.25, 0.3) is 0 Å². The molecule has 1 fully saturated rings. The predicted octanol–water partition coefficient (Wildman–Crippen LogP) is 4.43. The molecule has 2 aromatic carbocycles. The van der Waals surface area contributed by atoms with E-state index in [-0.39, 0.29) is 23.4 Å². The second-order valence-corrected chi connectivity index (χ2v) is 9.91. The van der Waals surface area contributed by atoms with Gasteiger partial charge in [-0.25, -0.2) is 12.8 Å². The number of aryl methyl sites for hydroxylation is 2.